The molecule has 0 bridgehead atoms. The van der Waals surface area contributed by atoms with Gasteiger partial charge in [-0.15, -0.1) is 0 Å². The molecule has 1 atom stereocenters. The van der Waals surface area contributed by atoms with Crippen molar-refractivity contribution in [2.24, 2.45) is 0 Å². The molecule has 0 aliphatic heterocycles. The summed E-state index contributed by atoms with van der Waals surface area (Å²) < 4.78 is 5.44. The molecule has 0 aromatic heterocycles. The third-order valence-corrected chi connectivity index (χ3v) is 3.60. The summed E-state index contributed by atoms with van der Waals surface area (Å²) in [6.07, 6.45) is 0.125. The maximum atomic E-state index is 10.9. The molecule has 0 fully saturated rings. The van der Waals surface area contributed by atoms with Crippen molar-refractivity contribution in [3.8, 4) is 16.9 Å². The van der Waals surface area contributed by atoms with Gasteiger partial charge in [-0.3, -0.25) is 4.79 Å². The maximum Gasteiger partial charge on any atom is 0.303 e. The topological polar surface area (TPSA) is 46.5 Å². The third-order valence-electron chi connectivity index (χ3n) is 3.60. The van der Waals surface area contributed by atoms with Gasteiger partial charge in [0.2, 0.25) is 0 Å². The zero-order valence-electron chi connectivity index (χ0n) is 12.6. The van der Waals surface area contributed by atoms with E-state index >= 15 is 0 Å². The zero-order chi connectivity index (χ0) is 15.4. The van der Waals surface area contributed by atoms with Crippen LogP contribution in [-0.2, 0) is 4.79 Å². The van der Waals surface area contributed by atoms with Crippen LogP contribution < -0.4 is 4.74 Å². The number of aliphatic carboxylic acids is 1. The minimum absolute atomic E-state index is 0.0306. The van der Waals surface area contributed by atoms with Crippen molar-refractivity contribution in [1.82, 2.24) is 0 Å². The predicted molar refractivity (Wildman–Crippen MR) is 83.8 cm³/mol. The van der Waals surface area contributed by atoms with Crippen LogP contribution in [0.25, 0.3) is 11.1 Å². The third kappa shape index (κ3) is 3.63. The van der Waals surface area contributed by atoms with E-state index in [9.17, 15) is 4.79 Å². The van der Waals surface area contributed by atoms with Crippen LogP contribution in [0.5, 0.6) is 5.75 Å². The molecule has 2 aromatic carbocycles. The Hall–Kier alpha value is -2.29. The maximum absolute atomic E-state index is 10.9. The van der Waals surface area contributed by atoms with Crippen LogP contribution in [-0.4, -0.2) is 18.2 Å². The molecular formula is C18H20O3. The van der Waals surface area contributed by atoms with Crippen molar-refractivity contribution in [2.75, 3.05) is 7.11 Å². The van der Waals surface area contributed by atoms with E-state index in [1.165, 1.54) is 5.56 Å². The van der Waals surface area contributed by atoms with Gasteiger partial charge in [-0.2, -0.15) is 0 Å². The molecule has 0 spiro atoms. The summed E-state index contributed by atoms with van der Waals surface area (Å²) in [4.78, 5) is 10.9. The van der Waals surface area contributed by atoms with Gasteiger partial charge in [-0.1, -0.05) is 42.8 Å². The molecule has 0 aliphatic rings. The number of rotatable bonds is 5. The number of carboxylic acid groups (broad SMARTS) is 1. The van der Waals surface area contributed by atoms with E-state index in [1.807, 2.05) is 50.2 Å². The van der Waals surface area contributed by atoms with Crippen molar-refractivity contribution in [3.63, 3.8) is 0 Å². The first-order chi connectivity index (χ1) is 10.0. The lowest BCUT2D eigenvalue weighted by Crippen LogP contribution is -2.03. The monoisotopic (exact) mass is 284 g/mol. The smallest absolute Gasteiger partial charge is 0.303 e. The molecule has 1 N–H and O–H groups in total. The molecule has 0 aliphatic carbocycles. The van der Waals surface area contributed by atoms with Crippen LogP contribution in [0.15, 0.2) is 42.5 Å². The summed E-state index contributed by atoms with van der Waals surface area (Å²) in [6.45, 7) is 3.98. The van der Waals surface area contributed by atoms with E-state index in [2.05, 4.69) is 6.07 Å². The van der Waals surface area contributed by atoms with Gasteiger partial charge in [0.25, 0.3) is 0 Å². The Bertz CT molecular complexity index is 647. The number of aryl methyl sites for hydroxylation is 1. The van der Waals surface area contributed by atoms with Crippen LogP contribution in [0, 0.1) is 6.92 Å². The van der Waals surface area contributed by atoms with E-state index in [0.717, 1.165) is 22.4 Å². The Balaban J connectivity index is 2.45. The minimum atomic E-state index is -0.782. The zero-order valence-corrected chi connectivity index (χ0v) is 12.6. The fourth-order valence-electron chi connectivity index (χ4n) is 2.45. The number of hydrogen-bond donors (Lipinski definition) is 1. The molecule has 0 saturated carbocycles. The second kappa shape index (κ2) is 6.44. The van der Waals surface area contributed by atoms with Crippen LogP contribution >= 0.6 is 0 Å². The number of hydrogen-bond acceptors (Lipinski definition) is 2. The molecule has 0 amide bonds. The summed E-state index contributed by atoms with van der Waals surface area (Å²) in [7, 11) is 1.65. The van der Waals surface area contributed by atoms with Gasteiger partial charge in [-0.05, 0) is 36.1 Å². The van der Waals surface area contributed by atoms with Gasteiger partial charge in [-0.25, -0.2) is 0 Å². The first-order valence-corrected chi connectivity index (χ1v) is 6.98. The Labute approximate surface area is 125 Å². The Morgan fingerprint density at radius 3 is 2.62 bits per heavy atom. The van der Waals surface area contributed by atoms with Gasteiger partial charge in [0.05, 0.1) is 13.5 Å². The second-order valence-electron chi connectivity index (χ2n) is 5.33. The highest BCUT2D eigenvalue weighted by Crippen LogP contribution is 2.34. The largest absolute Gasteiger partial charge is 0.496 e. The molecule has 110 valence electrons. The normalized spacial score (nSPS) is 12.0. The molecule has 1 unspecified atom stereocenters. The Morgan fingerprint density at radius 2 is 2.00 bits per heavy atom. The average molecular weight is 284 g/mol. The molecule has 0 radical (unpaired) electrons. The molecule has 0 saturated heterocycles. The van der Waals surface area contributed by atoms with Gasteiger partial charge in [0.1, 0.15) is 5.75 Å². The van der Waals surface area contributed by atoms with Crippen molar-refractivity contribution in [1.29, 1.82) is 0 Å². The molecular weight excluding hydrogens is 264 g/mol. The number of benzene rings is 2. The molecule has 3 nitrogen and oxygen atoms in total. The lowest BCUT2D eigenvalue weighted by Gasteiger charge is -2.15. The van der Waals surface area contributed by atoms with Crippen molar-refractivity contribution < 1.29 is 14.6 Å². The predicted octanol–water partition coefficient (Wildman–Crippen LogP) is 4.25. The van der Waals surface area contributed by atoms with E-state index in [-0.39, 0.29) is 12.3 Å². The van der Waals surface area contributed by atoms with E-state index < -0.39 is 5.97 Å². The van der Waals surface area contributed by atoms with Gasteiger partial charge in [0.15, 0.2) is 0 Å². The highest BCUT2D eigenvalue weighted by Gasteiger charge is 2.14. The molecule has 21 heavy (non-hydrogen) atoms. The van der Waals surface area contributed by atoms with Crippen molar-refractivity contribution >= 4 is 5.97 Å². The number of carbonyl (C=O) groups is 1. The van der Waals surface area contributed by atoms with Crippen LogP contribution in [0.1, 0.15) is 30.4 Å². The summed E-state index contributed by atoms with van der Waals surface area (Å²) in [6, 6.07) is 14.1. The molecule has 3 heteroatoms. The standard InChI is InChI=1S/C18H20O3/c1-12-5-4-6-15(9-12)16-11-14(7-8-17(16)21-3)13(2)10-18(19)20/h4-9,11,13H,10H2,1-3H3,(H,19,20). The lowest BCUT2D eigenvalue weighted by molar-refractivity contribution is -0.137. The quantitative estimate of drug-likeness (QED) is 0.892. The van der Waals surface area contributed by atoms with Gasteiger partial charge < -0.3 is 9.84 Å². The summed E-state index contributed by atoms with van der Waals surface area (Å²) >= 11 is 0. The lowest BCUT2D eigenvalue weighted by atomic mass is 9.93. The van der Waals surface area contributed by atoms with Gasteiger partial charge in [0, 0.05) is 5.56 Å². The van der Waals surface area contributed by atoms with Crippen molar-refractivity contribution in [3.05, 3.63) is 53.6 Å². The minimum Gasteiger partial charge on any atom is -0.496 e. The van der Waals surface area contributed by atoms with Crippen molar-refractivity contribution in [2.45, 2.75) is 26.2 Å². The average Bonchev–Trinajstić information content (AvgIpc) is 2.45. The molecule has 2 rings (SSSR count). The van der Waals surface area contributed by atoms with Gasteiger partial charge >= 0.3 is 5.97 Å². The van der Waals surface area contributed by atoms with E-state index in [4.69, 9.17) is 9.84 Å². The van der Waals surface area contributed by atoms with E-state index in [1.54, 1.807) is 7.11 Å². The Morgan fingerprint density at radius 1 is 1.24 bits per heavy atom. The number of ether oxygens (including phenoxy) is 1. The van der Waals surface area contributed by atoms with Crippen LogP contribution in [0.3, 0.4) is 0 Å². The summed E-state index contributed by atoms with van der Waals surface area (Å²) in [5, 5.41) is 8.94. The summed E-state index contributed by atoms with van der Waals surface area (Å²) in [5.74, 6) is -0.0146. The molecule has 2 aromatic rings. The van der Waals surface area contributed by atoms with Crippen LogP contribution in [0.4, 0.5) is 0 Å². The van der Waals surface area contributed by atoms with E-state index in [0.29, 0.717) is 0 Å². The number of methoxy groups -OCH3 is 1. The highest BCUT2D eigenvalue weighted by molar-refractivity contribution is 5.73. The first kappa shape index (κ1) is 15.1. The van der Waals surface area contributed by atoms with Crippen LogP contribution in [0.2, 0.25) is 0 Å². The fraction of sp³-hybridized carbons (Fsp3) is 0.278. The molecule has 0 heterocycles. The fourth-order valence-corrected chi connectivity index (χ4v) is 2.45. The first-order valence-electron chi connectivity index (χ1n) is 6.98. The summed E-state index contributed by atoms with van der Waals surface area (Å²) in [5.41, 5.74) is 4.26. The number of carboxylic acids is 1. The second-order valence-corrected chi connectivity index (χ2v) is 5.33. The Kier molecular flexibility index (Phi) is 4.63. The SMILES string of the molecule is COc1ccc(C(C)CC(=O)O)cc1-c1cccc(C)c1. The highest BCUT2D eigenvalue weighted by atomic mass is 16.5.